The van der Waals surface area contributed by atoms with E-state index in [1.165, 1.54) is 6.07 Å². The van der Waals surface area contributed by atoms with Crippen molar-refractivity contribution in [3.05, 3.63) is 35.6 Å². The highest BCUT2D eigenvalue weighted by Gasteiger charge is 2.20. The van der Waals surface area contributed by atoms with Gasteiger partial charge in [0.25, 0.3) is 0 Å². The molecule has 0 spiro atoms. The first-order valence-electron chi connectivity index (χ1n) is 5.81. The second-order valence-electron chi connectivity index (χ2n) is 4.46. The molecule has 0 aromatic heterocycles. The van der Waals surface area contributed by atoms with Crippen LogP contribution >= 0.6 is 0 Å². The monoisotopic (exact) mass is 223 g/mol. The third kappa shape index (κ3) is 3.03. The van der Waals surface area contributed by atoms with Crippen molar-refractivity contribution in [1.29, 1.82) is 0 Å². The molecule has 1 fully saturated rings. The third-order valence-electron chi connectivity index (χ3n) is 3.10. The van der Waals surface area contributed by atoms with Gasteiger partial charge in [0.15, 0.2) is 0 Å². The van der Waals surface area contributed by atoms with Gasteiger partial charge in [0.05, 0.1) is 6.61 Å². The van der Waals surface area contributed by atoms with Crippen LogP contribution in [0, 0.1) is 11.7 Å². The molecule has 2 rings (SSSR count). The maximum atomic E-state index is 13.0. The van der Waals surface area contributed by atoms with E-state index in [2.05, 4.69) is 12.2 Å². The zero-order valence-electron chi connectivity index (χ0n) is 9.58. The molecule has 0 bridgehead atoms. The topological polar surface area (TPSA) is 21.3 Å². The minimum absolute atomic E-state index is 0.167. The smallest absolute Gasteiger partial charge is 0.123 e. The molecule has 0 saturated carbocycles. The summed E-state index contributed by atoms with van der Waals surface area (Å²) in [6.07, 6.45) is 1.04. The van der Waals surface area contributed by atoms with Gasteiger partial charge in [-0.15, -0.1) is 0 Å². The number of benzene rings is 1. The van der Waals surface area contributed by atoms with Gasteiger partial charge in [-0.2, -0.15) is 0 Å². The molecule has 1 aliphatic rings. The third-order valence-corrected chi connectivity index (χ3v) is 3.10. The lowest BCUT2D eigenvalue weighted by Gasteiger charge is -2.29. The normalized spacial score (nSPS) is 25.6. The molecule has 1 heterocycles. The van der Waals surface area contributed by atoms with Crippen molar-refractivity contribution in [2.75, 3.05) is 13.2 Å². The molecule has 1 aromatic rings. The van der Waals surface area contributed by atoms with Crippen molar-refractivity contribution in [3.63, 3.8) is 0 Å². The number of nitrogens with one attached hydrogen (secondary N) is 1. The van der Waals surface area contributed by atoms with Crippen LogP contribution in [0.4, 0.5) is 4.39 Å². The molecule has 1 aliphatic heterocycles. The van der Waals surface area contributed by atoms with Crippen LogP contribution < -0.4 is 5.32 Å². The Hall–Kier alpha value is -0.930. The molecule has 88 valence electrons. The van der Waals surface area contributed by atoms with Crippen LogP contribution in [0.25, 0.3) is 0 Å². The van der Waals surface area contributed by atoms with Crippen LogP contribution in [-0.4, -0.2) is 19.3 Å². The molecule has 3 heteroatoms. The molecule has 2 atom stereocenters. The highest BCUT2D eigenvalue weighted by Crippen LogP contribution is 2.14. The summed E-state index contributed by atoms with van der Waals surface area (Å²) in [7, 11) is 0. The zero-order valence-corrected chi connectivity index (χ0v) is 9.58. The fourth-order valence-corrected chi connectivity index (χ4v) is 2.08. The molecular weight excluding hydrogens is 205 g/mol. The summed E-state index contributed by atoms with van der Waals surface area (Å²) in [6.45, 7) is 4.56. The number of hydrogen-bond donors (Lipinski definition) is 1. The van der Waals surface area contributed by atoms with E-state index in [0.29, 0.717) is 12.0 Å². The predicted molar refractivity (Wildman–Crippen MR) is 61.6 cm³/mol. The lowest BCUT2D eigenvalue weighted by molar-refractivity contribution is 0.0386. The first-order chi connectivity index (χ1) is 7.75. The number of ether oxygens (including phenoxy) is 1. The minimum atomic E-state index is -0.167. The maximum Gasteiger partial charge on any atom is 0.123 e. The average molecular weight is 223 g/mol. The summed E-state index contributed by atoms with van der Waals surface area (Å²) >= 11 is 0. The van der Waals surface area contributed by atoms with Gasteiger partial charge in [-0.05, 0) is 30.0 Å². The van der Waals surface area contributed by atoms with Crippen LogP contribution in [0.1, 0.15) is 18.9 Å². The van der Waals surface area contributed by atoms with Crippen LogP contribution in [-0.2, 0) is 11.3 Å². The summed E-state index contributed by atoms with van der Waals surface area (Å²) in [5.74, 6) is 0.363. The van der Waals surface area contributed by atoms with E-state index in [1.807, 2.05) is 6.07 Å². The van der Waals surface area contributed by atoms with E-state index in [-0.39, 0.29) is 5.82 Å². The lowest BCUT2D eigenvalue weighted by Crippen LogP contribution is -2.40. The number of halogens is 1. The first kappa shape index (κ1) is 11.6. The van der Waals surface area contributed by atoms with Crippen LogP contribution in [0.5, 0.6) is 0 Å². The fraction of sp³-hybridized carbons (Fsp3) is 0.538. The van der Waals surface area contributed by atoms with E-state index in [1.54, 1.807) is 12.1 Å². The van der Waals surface area contributed by atoms with Crippen molar-refractivity contribution >= 4 is 0 Å². The summed E-state index contributed by atoms with van der Waals surface area (Å²) in [4.78, 5) is 0. The molecule has 2 nitrogen and oxygen atoms in total. The van der Waals surface area contributed by atoms with E-state index in [9.17, 15) is 4.39 Å². The molecule has 16 heavy (non-hydrogen) atoms. The van der Waals surface area contributed by atoms with Crippen molar-refractivity contribution in [3.8, 4) is 0 Å². The highest BCUT2D eigenvalue weighted by atomic mass is 19.1. The van der Waals surface area contributed by atoms with Gasteiger partial charge in [-0.25, -0.2) is 4.39 Å². The van der Waals surface area contributed by atoms with Crippen LogP contribution in [0.15, 0.2) is 24.3 Å². The van der Waals surface area contributed by atoms with Gasteiger partial charge >= 0.3 is 0 Å². The van der Waals surface area contributed by atoms with Crippen LogP contribution in [0.2, 0.25) is 0 Å². The zero-order chi connectivity index (χ0) is 11.4. The average Bonchev–Trinajstić information content (AvgIpc) is 2.28. The van der Waals surface area contributed by atoms with E-state index < -0.39 is 0 Å². The standard InChI is InChI=1S/C13H18FNO/c1-10-9-16-6-5-13(10)15-8-11-3-2-4-12(14)7-11/h2-4,7,10,13,15H,5-6,8-9H2,1H3. The minimum Gasteiger partial charge on any atom is -0.381 e. The van der Waals surface area contributed by atoms with Crippen molar-refractivity contribution in [2.45, 2.75) is 25.9 Å². The van der Waals surface area contributed by atoms with Crippen molar-refractivity contribution < 1.29 is 9.13 Å². The molecule has 1 aromatic carbocycles. The molecular formula is C13H18FNO. The van der Waals surface area contributed by atoms with Gasteiger partial charge < -0.3 is 10.1 Å². The second kappa shape index (κ2) is 5.41. The SMILES string of the molecule is CC1COCCC1NCc1cccc(F)c1. The molecule has 1 N–H and O–H groups in total. The van der Waals surface area contributed by atoms with E-state index in [0.717, 1.165) is 31.7 Å². The predicted octanol–water partition coefficient (Wildman–Crippen LogP) is 2.34. The largest absolute Gasteiger partial charge is 0.381 e. The first-order valence-corrected chi connectivity index (χ1v) is 5.81. The Labute approximate surface area is 95.8 Å². The van der Waals surface area contributed by atoms with Crippen molar-refractivity contribution in [2.24, 2.45) is 5.92 Å². The quantitative estimate of drug-likeness (QED) is 0.849. The van der Waals surface area contributed by atoms with Gasteiger partial charge in [0, 0.05) is 19.2 Å². The lowest BCUT2D eigenvalue weighted by atomic mass is 9.97. The second-order valence-corrected chi connectivity index (χ2v) is 4.46. The van der Waals surface area contributed by atoms with Crippen LogP contribution in [0.3, 0.4) is 0 Å². The Morgan fingerprint density at radius 3 is 3.12 bits per heavy atom. The van der Waals surface area contributed by atoms with Gasteiger partial charge in [0.2, 0.25) is 0 Å². The molecule has 2 unspecified atom stereocenters. The Morgan fingerprint density at radius 2 is 2.38 bits per heavy atom. The molecule has 1 saturated heterocycles. The fourth-order valence-electron chi connectivity index (χ4n) is 2.08. The van der Waals surface area contributed by atoms with Gasteiger partial charge in [0.1, 0.15) is 5.82 Å². The summed E-state index contributed by atoms with van der Waals surface area (Å²) in [5, 5.41) is 3.47. The Balaban J connectivity index is 1.86. The molecule has 0 amide bonds. The highest BCUT2D eigenvalue weighted by molar-refractivity contribution is 5.16. The summed E-state index contributed by atoms with van der Waals surface area (Å²) in [6, 6.07) is 7.23. The number of rotatable bonds is 3. The number of hydrogen-bond acceptors (Lipinski definition) is 2. The molecule has 0 radical (unpaired) electrons. The van der Waals surface area contributed by atoms with Gasteiger partial charge in [-0.3, -0.25) is 0 Å². The summed E-state index contributed by atoms with van der Waals surface area (Å²) < 4.78 is 18.3. The van der Waals surface area contributed by atoms with E-state index in [4.69, 9.17) is 4.74 Å². The maximum absolute atomic E-state index is 13.0. The molecule has 0 aliphatic carbocycles. The van der Waals surface area contributed by atoms with E-state index >= 15 is 0 Å². The summed E-state index contributed by atoms with van der Waals surface area (Å²) in [5.41, 5.74) is 0.999. The van der Waals surface area contributed by atoms with Gasteiger partial charge in [-0.1, -0.05) is 19.1 Å². The Bertz CT molecular complexity index is 342. The van der Waals surface area contributed by atoms with Crippen molar-refractivity contribution in [1.82, 2.24) is 5.32 Å². The Morgan fingerprint density at radius 1 is 1.50 bits per heavy atom. The Kier molecular flexibility index (Phi) is 3.91.